The fraction of sp³-hybridized carbons (Fsp3) is 0.667. The molecule has 0 unspecified atom stereocenters. The number of methoxy groups -OCH3 is 1. The lowest BCUT2D eigenvalue weighted by Gasteiger charge is -2.34. The third-order valence-electron chi connectivity index (χ3n) is 3.19. The van der Waals surface area contributed by atoms with Crippen LogP contribution in [0.1, 0.15) is 25.6 Å². The molecule has 2 heterocycles. The number of halogens is 1. The van der Waals surface area contributed by atoms with Gasteiger partial charge in [0.25, 0.3) is 0 Å². The van der Waals surface area contributed by atoms with E-state index in [4.69, 9.17) is 9.47 Å². The van der Waals surface area contributed by atoms with Crippen molar-refractivity contribution in [1.82, 2.24) is 9.97 Å². The molecule has 0 atom stereocenters. The van der Waals surface area contributed by atoms with Crippen LogP contribution in [-0.2, 0) is 15.1 Å². The average molecular weight is 363 g/mol. The number of hydrogen-bond acceptors (Lipinski definition) is 5. The Bertz CT molecular complexity index is 408. The van der Waals surface area contributed by atoms with Crippen LogP contribution < -0.4 is 5.32 Å². The highest BCUT2D eigenvalue weighted by Crippen LogP contribution is 2.34. The minimum absolute atomic E-state index is 0.396. The van der Waals surface area contributed by atoms with Gasteiger partial charge in [0.1, 0.15) is 11.4 Å². The minimum atomic E-state index is -0.396. The summed E-state index contributed by atoms with van der Waals surface area (Å²) in [6.07, 6.45) is 3.45. The second kappa shape index (κ2) is 6.12. The molecule has 6 heteroatoms. The lowest BCUT2D eigenvalue weighted by Crippen LogP contribution is -2.37. The quantitative estimate of drug-likeness (QED) is 0.831. The van der Waals surface area contributed by atoms with Crippen molar-refractivity contribution in [3.63, 3.8) is 0 Å². The minimum Gasteiger partial charge on any atom is -0.381 e. The second-order valence-corrected chi connectivity index (χ2v) is 5.39. The predicted molar refractivity (Wildman–Crippen MR) is 77.7 cm³/mol. The molecule has 1 fully saturated rings. The van der Waals surface area contributed by atoms with Crippen molar-refractivity contribution < 1.29 is 9.47 Å². The topological polar surface area (TPSA) is 56.3 Å². The van der Waals surface area contributed by atoms with Gasteiger partial charge in [-0.15, -0.1) is 0 Å². The van der Waals surface area contributed by atoms with Crippen LogP contribution in [0.3, 0.4) is 0 Å². The molecule has 0 spiro atoms. The monoisotopic (exact) mass is 363 g/mol. The first-order chi connectivity index (χ1) is 8.72. The Balaban J connectivity index is 2.33. The first-order valence-corrected chi connectivity index (χ1v) is 7.19. The van der Waals surface area contributed by atoms with Crippen LogP contribution in [0, 0.1) is 3.57 Å². The van der Waals surface area contributed by atoms with Crippen LogP contribution in [0.2, 0.25) is 0 Å². The molecule has 0 bridgehead atoms. The molecule has 0 aromatic carbocycles. The molecular weight excluding hydrogens is 345 g/mol. The van der Waals surface area contributed by atoms with E-state index in [1.807, 2.05) is 6.20 Å². The molecule has 18 heavy (non-hydrogen) atoms. The average Bonchev–Trinajstić information content (AvgIpc) is 2.42. The van der Waals surface area contributed by atoms with E-state index in [-0.39, 0.29) is 0 Å². The lowest BCUT2D eigenvalue weighted by molar-refractivity contribution is -0.0999. The SMILES string of the molecule is CCNc1nc(C2(OC)CCOCC2)ncc1I. The summed E-state index contributed by atoms with van der Waals surface area (Å²) in [5.41, 5.74) is -0.396. The van der Waals surface area contributed by atoms with Gasteiger partial charge in [0.2, 0.25) is 0 Å². The van der Waals surface area contributed by atoms with E-state index in [1.54, 1.807) is 7.11 Å². The first-order valence-electron chi connectivity index (χ1n) is 6.11. The Morgan fingerprint density at radius 2 is 2.22 bits per heavy atom. The Morgan fingerprint density at radius 1 is 1.50 bits per heavy atom. The van der Waals surface area contributed by atoms with Gasteiger partial charge in [-0.25, -0.2) is 9.97 Å². The molecule has 0 amide bonds. The van der Waals surface area contributed by atoms with Crippen molar-refractivity contribution in [3.8, 4) is 0 Å². The Morgan fingerprint density at radius 3 is 2.83 bits per heavy atom. The molecule has 0 saturated carbocycles. The van der Waals surface area contributed by atoms with Crippen LogP contribution in [0.15, 0.2) is 6.20 Å². The third-order valence-corrected chi connectivity index (χ3v) is 3.98. The number of ether oxygens (including phenoxy) is 2. The van der Waals surface area contributed by atoms with Crippen LogP contribution in [0.4, 0.5) is 5.82 Å². The highest BCUT2D eigenvalue weighted by molar-refractivity contribution is 14.1. The first kappa shape index (κ1) is 14.0. The van der Waals surface area contributed by atoms with Gasteiger partial charge in [-0.1, -0.05) is 0 Å². The van der Waals surface area contributed by atoms with Crippen molar-refractivity contribution in [2.24, 2.45) is 0 Å². The highest BCUT2D eigenvalue weighted by atomic mass is 127. The summed E-state index contributed by atoms with van der Waals surface area (Å²) in [4.78, 5) is 9.07. The van der Waals surface area contributed by atoms with Gasteiger partial charge < -0.3 is 14.8 Å². The van der Waals surface area contributed by atoms with Crippen molar-refractivity contribution in [2.45, 2.75) is 25.4 Å². The van der Waals surface area contributed by atoms with Gasteiger partial charge in [-0.2, -0.15) is 0 Å². The predicted octanol–water partition coefficient (Wildman–Crippen LogP) is 2.17. The second-order valence-electron chi connectivity index (χ2n) is 4.23. The fourth-order valence-corrected chi connectivity index (χ4v) is 2.55. The summed E-state index contributed by atoms with van der Waals surface area (Å²) in [7, 11) is 1.72. The van der Waals surface area contributed by atoms with Crippen LogP contribution >= 0.6 is 22.6 Å². The molecule has 5 nitrogen and oxygen atoms in total. The van der Waals surface area contributed by atoms with Gasteiger partial charge in [-0.05, 0) is 29.5 Å². The standard InChI is InChI=1S/C12H18IN3O2/c1-3-14-10-9(13)8-15-11(16-10)12(17-2)4-6-18-7-5-12/h8H,3-7H2,1-2H3,(H,14,15,16). The molecule has 1 N–H and O–H groups in total. The maximum Gasteiger partial charge on any atom is 0.162 e. The van der Waals surface area contributed by atoms with Gasteiger partial charge in [0, 0.05) is 45.9 Å². The van der Waals surface area contributed by atoms with Gasteiger partial charge >= 0.3 is 0 Å². The normalized spacial score (nSPS) is 18.6. The molecule has 1 aromatic rings. The van der Waals surface area contributed by atoms with Gasteiger partial charge in [0.15, 0.2) is 5.82 Å². The summed E-state index contributed by atoms with van der Waals surface area (Å²) in [6.45, 7) is 4.29. The Hall–Kier alpha value is -0.470. The number of anilines is 1. The Kier molecular flexibility index (Phi) is 4.74. The molecule has 1 aliphatic rings. The van der Waals surface area contributed by atoms with Crippen molar-refractivity contribution >= 4 is 28.4 Å². The van der Waals surface area contributed by atoms with Crippen LogP contribution in [0.25, 0.3) is 0 Å². The summed E-state index contributed by atoms with van der Waals surface area (Å²) < 4.78 is 12.1. The third kappa shape index (κ3) is 2.75. The zero-order valence-corrected chi connectivity index (χ0v) is 12.9. The van der Waals surface area contributed by atoms with Gasteiger partial charge in [-0.3, -0.25) is 0 Å². The molecule has 2 rings (SSSR count). The maximum atomic E-state index is 5.70. The van der Waals surface area contributed by atoms with E-state index in [0.717, 1.165) is 34.6 Å². The summed E-state index contributed by atoms with van der Waals surface area (Å²) in [5.74, 6) is 1.63. The van der Waals surface area contributed by atoms with E-state index in [9.17, 15) is 0 Å². The smallest absolute Gasteiger partial charge is 0.162 e. The highest BCUT2D eigenvalue weighted by Gasteiger charge is 2.37. The number of nitrogens with one attached hydrogen (secondary N) is 1. The van der Waals surface area contributed by atoms with Crippen molar-refractivity contribution in [2.75, 3.05) is 32.2 Å². The van der Waals surface area contributed by atoms with Crippen molar-refractivity contribution in [1.29, 1.82) is 0 Å². The molecular formula is C12H18IN3O2. The number of aromatic nitrogens is 2. The number of nitrogens with zero attached hydrogens (tertiary/aromatic N) is 2. The van der Waals surface area contributed by atoms with E-state index in [2.05, 4.69) is 44.8 Å². The molecule has 0 radical (unpaired) electrons. The largest absolute Gasteiger partial charge is 0.381 e. The molecule has 1 saturated heterocycles. The lowest BCUT2D eigenvalue weighted by atomic mass is 9.93. The Labute approximate surface area is 121 Å². The van der Waals surface area contributed by atoms with Crippen molar-refractivity contribution in [3.05, 3.63) is 15.6 Å². The summed E-state index contributed by atoms with van der Waals surface area (Å²) >= 11 is 2.24. The van der Waals surface area contributed by atoms with E-state index < -0.39 is 5.60 Å². The molecule has 1 aromatic heterocycles. The zero-order chi connectivity index (χ0) is 13.0. The number of hydrogen-bond donors (Lipinski definition) is 1. The summed E-state index contributed by atoms with van der Waals surface area (Å²) in [5, 5.41) is 3.25. The van der Waals surface area contributed by atoms with Gasteiger partial charge in [0.05, 0.1) is 3.57 Å². The summed E-state index contributed by atoms with van der Waals surface area (Å²) in [6, 6.07) is 0. The van der Waals surface area contributed by atoms with Crippen LogP contribution in [0.5, 0.6) is 0 Å². The molecule has 0 aliphatic carbocycles. The van der Waals surface area contributed by atoms with E-state index >= 15 is 0 Å². The maximum absolute atomic E-state index is 5.70. The van der Waals surface area contributed by atoms with E-state index in [0.29, 0.717) is 13.2 Å². The zero-order valence-electron chi connectivity index (χ0n) is 10.7. The molecule has 100 valence electrons. The van der Waals surface area contributed by atoms with E-state index in [1.165, 1.54) is 0 Å². The molecule has 1 aliphatic heterocycles. The van der Waals surface area contributed by atoms with Crippen LogP contribution in [-0.4, -0.2) is 36.8 Å². The fourth-order valence-electron chi connectivity index (χ4n) is 2.10. The number of rotatable bonds is 4.